The highest BCUT2D eigenvalue weighted by Gasteiger charge is 2.09. The van der Waals surface area contributed by atoms with Crippen molar-refractivity contribution in [1.82, 2.24) is 5.32 Å². The fourth-order valence-corrected chi connectivity index (χ4v) is 3.06. The summed E-state index contributed by atoms with van der Waals surface area (Å²) in [6.07, 6.45) is 0.959. The van der Waals surface area contributed by atoms with Gasteiger partial charge in [0.15, 0.2) is 5.11 Å². The van der Waals surface area contributed by atoms with E-state index in [-0.39, 0.29) is 11.0 Å². The van der Waals surface area contributed by atoms with Crippen molar-refractivity contribution in [1.29, 1.82) is 0 Å². The first kappa shape index (κ1) is 23.3. The summed E-state index contributed by atoms with van der Waals surface area (Å²) in [6.45, 7) is 5.41. The number of anilines is 1. The lowest BCUT2D eigenvalue weighted by atomic mass is 10.1. The van der Waals surface area contributed by atoms with Crippen molar-refractivity contribution in [3.63, 3.8) is 0 Å². The molecular weight excluding hydrogens is 420 g/mol. The number of thiocarbonyl (C=S) groups is 1. The third-order valence-corrected chi connectivity index (χ3v) is 4.85. The Morgan fingerprint density at radius 3 is 2.38 bits per heavy atom. The average Bonchev–Trinajstić information content (AvgIpc) is 2.79. The first-order chi connectivity index (χ1) is 15.5. The van der Waals surface area contributed by atoms with Crippen molar-refractivity contribution in [3.8, 4) is 11.5 Å². The molecule has 0 heterocycles. The molecule has 0 aromatic heterocycles. The zero-order valence-electron chi connectivity index (χ0n) is 18.3. The van der Waals surface area contributed by atoms with E-state index < -0.39 is 0 Å². The van der Waals surface area contributed by atoms with Crippen LogP contribution in [0.4, 0.5) is 5.69 Å². The number of hydrogen-bond donors (Lipinski definition) is 2. The van der Waals surface area contributed by atoms with E-state index in [2.05, 4.69) is 24.5 Å². The van der Waals surface area contributed by atoms with Crippen molar-refractivity contribution in [2.24, 2.45) is 5.92 Å². The Balaban J connectivity index is 1.48. The minimum absolute atomic E-state index is 0.221. The van der Waals surface area contributed by atoms with Gasteiger partial charge in [-0.05, 0) is 72.6 Å². The highest BCUT2D eigenvalue weighted by molar-refractivity contribution is 7.80. The van der Waals surface area contributed by atoms with E-state index in [0.717, 1.165) is 23.4 Å². The van der Waals surface area contributed by atoms with Gasteiger partial charge in [0.25, 0.3) is 5.91 Å². The van der Waals surface area contributed by atoms with Crippen molar-refractivity contribution < 1.29 is 14.3 Å². The van der Waals surface area contributed by atoms with Gasteiger partial charge in [-0.1, -0.05) is 50.2 Å². The fraction of sp³-hybridized carbons (Fsp3) is 0.231. The van der Waals surface area contributed by atoms with E-state index in [9.17, 15) is 4.79 Å². The number of nitrogens with one attached hydrogen (secondary N) is 2. The Morgan fingerprint density at radius 1 is 0.906 bits per heavy atom. The van der Waals surface area contributed by atoms with Crippen LogP contribution in [0.3, 0.4) is 0 Å². The summed E-state index contributed by atoms with van der Waals surface area (Å²) in [5.74, 6) is 1.70. The molecule has 166 valence electrons. The van der Waals surface area contributed by atoms with E-state index in [1.165, 1.54) is 0 Å². The molecular formula is C26H28N2O3S. The highest BCUT2D eigenvalue weighted by Crippen LogP contribution is 2.18. The molecule has 5 nitrogen and oxygen atoms in total. The van der Waals surface area contributed by atoms with Gasteiger partial charge in [0, 0.05) is 11.3 Å². The second kappa shape index (κ2) is 11.9. The lowest BCUT2D eigenvalue weighted by Crippen LogP contribution is -2.34. The van der Waals surface area contributed by atoms with Gasteiger partial charge in [0.1, 0.15) is 18.1 Å². The van der Waals surface area contributed by atoms with Gasteiger partial charge in [0.2, 0.25) is 0 Å². The summed E-state index contributed by atoms with van der Waals surface area (Å²) < 4.78 is 11.5. The molecule has 2 N–H and O–H groups in total. The summed E-state index contributed by atoms with van der Waals surface area (Å²) in [7, 11) is 0. The molecule has 0 saturated carbocycles. The van der Waals surface area contributed by atoms with E-state index >= 15 is 0 Å². The molecule has 0 aliphatic heterocycles. The number of amides is 1. The number of rotatable bonds is 9. The van der Waals surface area contributed by atoms with Gasteiger partial charge >= 0.3 is 0 Å². The number of benzene rings is 3. The van der Waals surface area contributed by atoms with Gasteiger partial charge in [-0.2, -0.15) is 0 Å². The maximum Gasteiger partial charge on any atom is 0.257 e. The van der Waals surface area contributed by atoms with Crippen LogP contribution in [0.15, 0.2) is 78.9 Å². The van der Waals surface area contributed by atoms with Crippen molar-refractivity contribution in [3.05, 3.63) is 90.0 Å². The quantitative estimate of drug-likeness (QED) is 0.404. The molecule has 0 radical (unpaired) electrons. The Hall–Kier alpha value is -3.38. The van der Waals surface area contributed by atoms with E-state index in [1.54, 1.807) is 18.2 Å². The molecule has 0 atom stereocenters. The predicted molar refractivity (Wildman–Crippen MR) is 132 cm³/mol. The SMILES string of the molecule is CC(C)CCOc1cccc(C(=O)NC(=S)Nc2ccc(OCc3ccccc3)cc2)c1. The van der Waals surface area contributed by atoms with Crippen LogP contribution in [0.5, 0.6) is 11.5 Å². The summed E-state index contributed by atoms with van der Waals surface area (Å²) in [4.78, 5) is 12.5. The molecule has 0 fully saturated rings. The molecule has 32 heavy (non-hydrogen) atoms. The number of ether oxygens (including phenoxy) is 2. The third kappa shape index (κ3) is 7.71. The van der Waals surface area contributed by atoms with Crippen molar-refractivity contribution >= 4 is 28.9 Å². The summed E-state index contributed by atoms with van der Waals surface area (Å²) >= 11 is 5.29. The molecule has 3 rings (SSSR count). The monoisotopic (exact) mass is 448 g/mol. The molecule has 0 bridgehead atoms. The Bertz CT molecular complexity index is 1020. The first-order valence-electron chi connectivity index (χ1n) is 10.6. The molecule has 0 unspecified atom stereocenters. The second-order valence-electron chi connectivity index (χ2n) is 7.77. The third-order valence-electron chi connectivity index (χ3n) is 4.65. The normalized spacial score (nSPS) is 10.5. The predicted octanol–water partition coefficient (Wildman–Crippen LogP) is 5.82. The van der Waals surface area contributed by atoms with Crippen LogP contribution in [-0.4, -0.2) is 17.6 Å². The van der Waals surface area contributed by atoms with Gasteiger partial charge in [0.05, 0.1) is 6.61 Å². The van der Waals surface area contributed by atoms with Crippen LogP contribution < -0.4 is 20.1 Å². The lowest BCUT2D eigenvalue weighted by Gasteiger charge is -2.12. The molecule has 1 amide bonds. The van der Waals surface area contributed by atoms with Gasteiger partial charge in [-0.25, -0.2) is 0 Å². The van der Waals surface area contributed by atoms with Crippen LogP contribution in [-0.2, 0) is 6.61 Å². The fourth-order valence-electron chi connectivity index (χ4n) is 2.85. The van der Waals surface area contributed by atoms with E-state index in [0.29, 0.717) is 30.4 Å². The smallest absolute Gasteiger partial charge is 0.257 e. The Labute approximate surface area is 194 Å². The second-order valence-corrected chi connectivity index (χ2v) is 8.17. The number of hydrogen-bond acceptors (Lipinski definition) is 4. The lowest BCUT2D eigenvalue weighted by molar-refractivity contribution is 0.0977. The minimum atomic E-state index is -0.292. The number of carbonyl (C=O) groups excluding carboxylic acids is 1. The average molecular weight is 449 g/mol. The highest BCUT2D eigenvalue weighted by atomic mass is 32.1. The zero-order chi connectivity index (χ0) is 22.8. The molecule has 0 saturated heterocycles. The van der Waals surface area contributed by atoms with Crippen molar-refractivity contribution in [2.75, 3.05) is 11.9 Å². The van der Waals surface area contributed by atoms with Crippen LogP contribution in [0.25, 0.3) is 0 Å². The van der Waals surface area contributed by atoms with Crippen LogP contribution in [0.2, 0.25) is 0 Å². The largest absolute Gasteiger partial charge is 0.494 e. The van der Waals surface area contributed by atoms with Gasteiger partial charge in [-0.3, -0.25) is 10.1 Å². The molecule has 3 aromatic carbocycles. The van der Waals surface area contributed by atoms with Crippen LogP contribution >= 0.6 is 12.2 Å². The molecule has 6 heteroatoms. The zero-order valence-corrected chi connectivity index (χ0v) is 19.2. The molecule has 0 aliphatic rings. The summed E-state index contributed by atoms with van der Waals surface area (Å²) in [6, 6.07) is 24.5. The van der Waals surface area contributed by atoms with Crippen LogP contribution in [0, 0.1) is 5.92 Å². The first-order valence-corrected chi connectivity index (χ1v) is 11.0. The molecule has 0 aliphatic carbocycles. The summed E-state index contributed by atoms with van der Waals surface area (Å²) in [5.41, 5.74) is 2.35. The molecule has 3 aromatic rings. The maximum atomic E-state index is 12.5. The van der Waals surface area contributed by atoms with E-state index in [4.69, 9.17) is 21.7 Å². The summed E-state index contributed by atoms with van der Waals surface area (Å²) in [5, 5.41) is 5.94. The number of carbonyl (C=O) groups is 1. The van der Waals surface area contributed by atoms with Crippen molar-refractivity contribution in [2.45, 2.75) is 26.9 Å². The molecule has 0 spiro atoms. The Kier molecular flexibility index (Phi) is 8.63. The minimum Gasteiger partial charge on any atom is -0.494 e. The Morgan fingerprint density at radius 2 is 1.66 bits per heavy atom. The standard InChI is InChI=1S/C26H28N2O3S/c1-19(2)15-16-30-24-10-6-9-21(17-24)25(29)28-26(32)27-22-11-13-23(14-12-22)31-18-20-7-4-3-5-8-20/h3-14,17,19H,15-16,18H2,1-2H3,(H2,27,28,29,32). The van der Waals surface area contributed by atoms with Gasteiger partial charge in [-0.15, -0.1) is 0 Å². The topological polar surface area (TPSA) is 59.6 Å². The van der Waals surface area contributed by atoms with E-state index in [1.807, 2.05) is 60.7 Å². The van der Waals surface area contributed by atoms with Crippen LogP contribution in [0.1, 0.15) is 36.2 Å². The maximum absolute atomic E-state index is 12.5. The van der Waals surface area contributed by atoms with Gasteiger partial charge < -0.3 is 14.8 Å².